The van der Waals surface area contributed by atoms with Crippen molar-refractivity contribution in [1.82, 2.24) is 5.32 Å². The number of aliphatic hydroxyl groups is 1. The fourth-order valence-electron chi connectivity index (χ4n) is 3.57. The van der Waals surface area contributed by atoms with Crippen LogP contribution in [-0.4, -0.2) is 28.4 Å². The standard InChI is InChI=1S/C14H11F3O.C14H20N2O2/c15-14(16,17)13-8-10(9-18)6-7-12(13)11-4-2-1-3-5-11;1-3-11-8-12(10(2)15)4-5-13(11)9-16-7-6-14(17)18/h1-8,18H,9H2;4-5,8,15-16H,3,6-7,9H2,1-2H3,(H,17,18). The summed E-state index contributed by atoms with van der Waals surface area (Å²) in [6.07, 6.45) is -3.38. The van der Waals surface area contributed by atoms with Crippen molar-refractivity contribution in [3.05, 3.63) is 94.5 Å². The van der Waals surface area contributed by atoms with Crippen molar-refractivity contribution in [2.75, 3.05) is 6.54 Å². The van der Waals surface area contributed by atoms with Crippen LogP contribution in [0.5, 0.6) is 0 Å². The summed E-state index contributed by atoms with van der Waals surface area (Å²) in [4.78, 5) is 10.4. The average Bonchev–Trinajstić information content (AvgIpc) is 2.86. The molecule has 0 saturated carbocycles. The van der Waals surface area contributed by atoms with E-state index in [0.717, 1.165) is 18.1 Å². The first-order valence-electron chi connectivity index (χ1n) is 11.5. The molecule has 192 valence electrons. The summed E-state index contributed by atoms with van der Waals surface area (Å²) in [5, 5.41) is 28.2. The summed E-state index contributed by atoms with van der Waals surface area (Å²) < 4.78 is 38.9. The third kappa shape index (κ3) is 8.62. The Bertz CT molecular complexity index is 1160. The first-order valence-corrected chi connectivity index (χ1v) is 11.5. The highest BCUT2D eigenvalue weighted by Gasteiger charge is 2.33. The van der Waals surface area contributed by atoms with E-state index in [1.165, 1.54) is 23.3 Å². The Hall–Kier alpha value is -3.49. The first-order chi connectivity index (χ1) is 17.1. The average molecular weight is 501 g/mol. The zero-order valence-corrected chi connectivity index (χ0v) is 20.3. The number of aliphatic hydroxyl groups excluding tert-OH is 1. The second kappa shape index (κ2) is 13.6. The maximum atomic E-state index is 13.0. The van der Waals surface area contributed by atoms with Gasteiger partial charge in [0.15, 0.2) is 0 Å². The Morgan fingerprint density at radius 2 is 1.69 bits per heavy atom. The quantitative estimate of drug-likeness (QED) is 0.212. The van der Waals surface area contributed by atoms with Crippen LogP contribution >= 0.6 is 0 Å². The maximum absolute atomic E-state index is 13.0. The van der Waals surface area contributed by atoms with Crippen molar-refractivity contribution < 1.29 is 28.2 Å². The number of benzene rings is 3. The van der Waals surface area contributed by atoms with E-state index in [9.17, 15) is 18.0 Å². The van der Waals surface area contributed by atoms with Crippen molar-refractivity contribution in [1.29, 1.82) is 5.41 Å². The minimum absolute atomic E-state index is 0.125. The first kappa shape index (κ1) is 28.7. The van der Waals surface area contributed by atoms with Crippen LogP contribution in [0.15, 0.2) is 66.7 Å². The molecular formula is C28H31F3N2O3. The number of nitrogens with one attached hydrogen (secondary N) is 2. The molecule has 3 rings (SSSR count). The summed E-state index contributed by atoms with van der Waals surface area (Å²) >= 11 is 0. The van der Waals surface area contributed by atoms with Crippen molar-refractivity contribution in [3.8, 4) is 11.1 Å². The molecule has 0 atom stereocenters. The molecule has 0 fully saturated rings. The number of hydrogen-bond donors (Lipinski definition) is 4. The van der Waals surface area contributed by atoms with Crippen LogP contribution in [-0.2, 0) is 30.5 Å². The summed E-state index contributed by atoms with van der Waals surface area (Å²) in [6.45, 7) is 4.61. The van der Waals surface area contributed by atoms with Gasteiger partial charge in [0.25, 0.3) is 0 Å². The fraction of sp³-hybridized carbons (Fsp3) is 0.286. The fourth-order valence-corrected chi connectivity index (χ4v) is 3.57. The minimum atomic E-state index is -4.43. The molecule has 0 aliphatic rings. The molecule has 0 aliphatic carbocycles. The van der Waals surface area contributed by atoms with Gasteiger partial charge >= 0.3 is 12.1 Å². The normalized spacial score (nSPS) is 10.9. The van der Waals surface area contributed by atoms with E-state index >= 15 is 0 Å². The molecule has 8 heteroatoms. The number of rotatable bonds is 9. The molecular weight excluding hydrogens is 469 g/mol. The summed E-state index contributed by atoms with van der Waals surface area (Å²) in [5.74, 6) is -0.784. The zero-order chi connectivity index (χ0) is 26.7. The molecule has 4 N–H and O–H groups in total. The van der Waals surface area contributed by atoms with Crippen molar-refractivity contribution >= 4 is 11.7 Å². The van der Waals surface area contributed by atoms with E-state index in [1.54, 1.807) is 37.3 Å². The molecule has 3 aromatic carbocycles. The number of aliphatic carboxylic acids is 1. The Morgan fingerprint density at radius 3 is 2.25 bits per heavy atom. The molecule has 0 radical (unpaired) electrons. The molecule has 0 aliphatic heterocycles. The number of carbonyl (C=O) groups is 1. The lowest BCUT2D eigenvalue weighted by Gasteiger charge is -2.14. The Morgan fingerprint density at radius 1 is 1.00 bits per heavy atom. The van der Waals surface area contributed by atoms with E-state index in [2.05, 4.69) is 12.2 Å². The Balaban J connectivity index is 0.000000254. The molecule has 0 amide bonds. The molecule has 0 aromatic heterocycles. The molecule has 5 nitrogen and oxygen atoms in total. The van der Waals surface area contributed by atoms with Crippen LogP contribution in [0.2, 0.25) is 0 Å². The number of halogens is 3. The van der Waals surface area contributed by atoms with Gasteiger partial charge in [-0.3, -0.25) is 4.79 Å². The molecule has 0 bridgehead atoms. The predicted molar refractivity (Wildman–Crippen MR) is 135 cm³/mol. The number of alkyl halides is 3. The lowest BCUT2D eigenvalue weighted by Crippen LogP contribution is -2.18. The molecule has 0 heterocycles. The second-order valence-electron chi connectivity index (χ2n) is 8.18. The number of aryl methyl sites for hydroxylation is 1. The Labute approximate surface area is 209 Å². The lowest BCUT2D eigenvalue weighted by atomic mass is 9.97. The van der Waals surface area contributed by atoms with Crippen molar-refractivity contribution in [3.63, 3.8) is 0 Å². The zero-order valence-electron chi connectivity index (χ0n) is 20.3. The molecule has 0 unspecified atom stereocenters. The van der Waals surface area contributed by atoms with E-state index < -0.39 is 24.3 Å². The summed E-state index contributed by atoms with van der Waals surface area (Å²) in [5.41, 5.74) is 4.06. The van der Waals surface area contributed by atoms with Gasteiger partial charge in [-0.05, 0) is 58.9 Å². The highest BCUT2D eigenvalue weighted by molar-refractivity contribution is 5.96. The van der Waals surface area contributed by atoms with E-state index in [0.29, 0.717) is 24.4 Å². The monoisotopic (exact) mass is 500 g/mol. The lowest BCUT2D eigenvalue weighted by molar-refractivity contribution is -0.138. The van der Waals surface area contributed by atoms with Gasteiger partial charge in [0.05, 0.1) is 18.6 Å². The van der Waals surface area contributed by atoms with Gasteiger partial charge in [-0.1, -0.05) is 61.5 Å². The van der Waals surface area contributed by atoms with Crippen LogP contribution in [0.1, 0.15) is 48.1 Å². The SMILES string of the molecule is CCc1cc(C(C)=N)ccc1CNCCC(=O)O.OCc1ccc(-c2ccccc2)c(C(F)(F)F)c1. The molecule has 36 heavy (non-hydrogen) atoms. The van der Waals surface area contributed by atoms with Crippen LogP contribution in [0, 0.1) is 5.41 Å². The van der Waals surface area contributed by atoms with Gasteiger partial charge in [0, 0.05) is 18.8 Å². The van der Waals surface area contributed by atoms with Gasteiger partial charge in [0.2, 0.25) is 0 Å². The number of carboxylic acid groups (broad SMARTS) is 1. The van der Waals surface area contributed by atoms with Crippen LogP contribution < -0.4 is 5.32 Å². The van der Waals surface area contributed by atoms with Crippen LogP contribution in [0.4, 0.5) is 13.2 Å². The third-order valence-corrected chi connectivity index (χ3v) is 5.51. The van der Waals surface area contributed by atoms with Gasteiger partial charge in [-0.25, -0.2) is 0 Å². The summed E-state index contributed by atoms with van der Waals surface area (Å²) in [6, 6.07) is 18.3. The van der Waals surface area contributed by atoms with Crippen molar-refractivity contribution in [2.45, 2.75) is 46.0 Å². The van der Waals surface area contributed by atoms with E-state index in [-0.39, 0.29) is 17.5 Å². The molecule has 3 aromatic rings. The number of carboxylic acids is 1. The van der Waals surface area contributed by atoms with E-state index in [1.807, 2.05) is 18.2 Å². The van der Waals surface area contributed by atoms with Crippen LogP contribution in [0.25, 0.3) is 11.1 Å². The highest BCUT2D eigenvalue weighted by atomic mass is 19.4. The molecule has 0 spiro atoms. The van der Waals surface area contributed by atoms with Crippen molar-refractivity contribution in [2.24, 2.45) is 0 Å². The van der Waals surface area contributed by atoms with Gasteiger partial charge in [-0.15, -0.1) is 0 Å². The van der Waals surface area contributed by atoms with Crippen LogP contribution in [0.3, 0.4) is 0 Å². The maximum Gasteiger partial charge on any atom is 0.417 e. The van der Waals surface area contributed by atoms with Gasteiger partial charge in [-0.2, -0.15) is 13.2 Å². The topological polar surface area (TPSA) is 93.4 Å². The third-order valence-electron chi connectivity index (χ3n) is 5.51. The predicted octanol–water partition coefficient (Wildman–Crippen LogP) is 6.07. The van der Waals surface area contributed by atoms with Gasteiger partial charge in [0.1, 0.15) is 0 Å². The van der Waals surface area contributed by atoms with Gasteiger partial charge < -0.3 is 20.9 Å². The minimum Gasteiger partial charge on any atom is -0.481 e. The largest absolute Gasteiger partial charge is 0.481 e. The summed E-state index contributed by atoms with van der Waals surface area (Å²) in [7, 11) is 0. The second-order valence-corrected chi connectivity index (χ2v) is 8.18. The highest BCUT2D eigenvalue weighted by Crippen LogP contribution is 2.37. The smallest absolute Gasteiger partial charge is 0.417 e. The Kier molecular flexibility index (Phi) is 10.8. The van der Waals surface area contributed by atoms with E-state index in [4.69, 9.17) is 15.6 Å². The number of hydrogen-bond acceptors (Lipinski definition) is 4. The molecule has 0 saturated heterocycles.